The predicted octanol–water partition coefficient (Wildman–Crippen LogP) is 4.89. The Morgan fingerprint density at radius 2 is 1.63 bits per heavy atom. The number of nitrogens with zero attached hydrogens (tertiary/aromatic N) is 2. The van der Waals surface area contributed by atoms with Gasteiger partial charge in [-0.25, -0.2) is 14.4 Å². The van der Waals surface area contributed by atoms with Crippen LogP contribution in [0.2, 0.25) is 0 Å². The fourth-order valence-electron chi connectivity index (χ4n) is 3.93. The van der Waals surface area contributed by atoms with Gasteiger partial charge >= 0.3 is 11.9 Å². The summed E-state index contributed by atoms with van der Waals surface area (Å²) in [5, 5.41) is 3.30. The number of nitrogens with one attached hydrogen (secondary N) is 1. The Bertz CT molecular complexity index is 1240. The summed E-state index contributed by atoms with van der Waals surface area (Å²) in [5.74, 6) is -0.0849. The molecule has 0 aliphatic carbocycles. The van der Waals surface area contributed by atoms with Crippen LogP contribution in [0.4, 0.5) is 4.39 Å². The molecule has 1 aromatic heterocycles. The van der Waals surface area contributed by atoms with E-state index >= 15 is 0 Å². The van der Waals surface area contributed by atoms with Crippen molar-refractivity contribution in [2.24, 2.45) is 0 Å². The second-order valence-electron chi connectivity index (χ2n) is 9.58. The molecule has 8 nitrogen and oxygen atoms in total. The molecule has 38 heavy (non-hydrogen) atoms. The number of carbonyl (C=O) groups is 2. The predicted molar refractivity (Wildman–Crippen MR) is 142 cm³/mol. The number of carbonyl (C=O) groups excluding carboxylic acids is 2. The number of hydrogen-bond acceptors (Lipinski definition) is 8. The zero-order chi connectivity index (χ0) is 27.7. The first kappa shape index (κ1) is 28.7. The van der Waals surface area contributed by atoms with E-state index in [4.69, 9.17) is 14.2 Å². The minimum Gasteiger partial charge on any atom is -0.496 e. The molecule has 0 saturated heterocycles. The molecule has 0 spiro atoms. The normalized spacial score (nSPS) is 11.2. The van der Waals surface area contributed by atoms with E-state index in [2.05, 4.69) is 15.3 Å². The van der Waals surface area contributed by atoms with Crippen LogP contribution in [0.1, 0.15) is 45.2 Å². The molecule has 2 aromatic carbocycles. The Morgan fingerprint density at radius 3 is 2.24 bits per heavy atom. The molecule has 0 amide bonds. The average Bonchev–Trinajstić information content (AvgIpc) is 2.86. The van der Waals surface area contributed by atoms with Crippen molar-refractivity contribution in [3.05, 3.63) is 65.7 Å². The number of methoxy groups -OCH3 is 1. The minimum absolute atomic E-state index is 0.0927. The van der Waals surface area contributed by atoms with Gasteiger partial charge in [0.2, 0.25) is 0 Å². The van der Waals surface area contributed by atoms with E-state index in [1.165, 1.54) is 0 Å². The Morgan fingerprint density at radius 1 is 0.974 bits per heavy atom. The Labute approximate surface area is 222 Å². The van der Waals surface area contributed by atoms with Crippen LogP contribution < -0.4 is 10.1 Å². The number of rotatable bonds is 11. The van der Waals surface area contributed by atoms with E-state index in [-0.39, 0.29) is 31.4 Å². The number of hydrogen-bond donors (Lipinski definition) is 1. The van der Waals surface area contributed by atoms with Crippen LogP contribution in [0.5, 0.6) is 5.75 Å². The largest absolute Gasteiger partial charge is 0.496 e. The van der Waals surface area contributed by atoms with Gasteiger partial charge in [-0.1, -0.05) is 30.3 Å². The SMILES string of the molecule is CCOC(=O)Cc1ccc(OC)c(-c2ccc(-c3ncc(F)cn3)cc2)c1CNCCC(=O)OC(C)(C)C. The summed E-state index contributed by atoms with van der Waals surface area (Å²) in [7, 11) is 1.59. The van der Waals surface area contributed by atoms with Crippen molar-refractivity contribution >= 4 is 11.9 Å². The van der Waals surface area contributed by atoms with Gasteiger partial charge in [0.15, 0.2) is 11.6 Å². The molecule has 0 bridgehead atoms. The highest BCUT2D eigenvalue weighted by atomic mass is 19.1. The standard InChI is InChI=1S/C29H34FN3O5/c1-6-37-26(35)15-21-11-12-24(36-5)27(23(21)18-31-14-13-25(34)38-29(2,3)4)19-7-9-20(10-8-19)28-32-16-22(30)17-33-28/h7-12,16-17,31H,6,13-15,18H2,1-5H3. The lowest BCUT2D eigenvalue weighted by Crippen LogP contribution is -2.27. The van der Waals surface area contributed by atoms with Crippen LogP contribution in [0.15, 0.2) is 48.8 Å². The van der Waals surface area contributed by atoms with Crippen LogP contribution in [0.25, 0.3) is 22.5 Å². The van der Waals surface area contributed by atoms with Crippen LogP contribution in [-0.4, -0.2) is 47.8 Å². The van der Waals surface area contributed by atoms with Gasteiger partial charge in [0, 0.05) is 24.2 Å². The van der Waals surface area contributed by atoms with E-state index in [0.29, 0.717) is 24.7 Å². The quantitative estimate of drug-likeness (QED) is 0.280. The zero-order valence-corrected chi connectivity index (χ0v) is 22.5. The lowest BCUT2D eigenvalue weighted by molar-refractivity contribution is -0.154. The van der Waals surface area contributed by atoms with E-state index < -0.39 is 11.4 Å². The van der Waals surface area contributed by atoms with Gasteiger partial charge in [0.1, 0.15) is 11.4 Å². The highest BCUT2D eigenvalue weighted by Crippen LogP contribution is 2.36. The molecule has 0 atom stereocenters. The number of benzene rings is 2. The van der Waals surface area contributed by atoms with Crippen molar-refractivity contribution in [1.82, 2.24) is 15.3 Å². The molecule has 0 fully saturated rings. The molecule has 0 aliphatic rings. The third-order valence-corrected chi connectivity index (χ3v) is 5.51. The first-order valence-electron chi connectivity index (χ1n) is 12.5. The molecule has 1 N–H and O–H groups in total. The van der Waals surface area contributed by atoms with Gasteiger partial charge in [-0.2, -0.15) is 0 Å². The van der Waals surface area contributed by atoms with Crippen molar-refractivity contribution < 1.29 is 28.2 Å². The molecule has 202 valence electrons. The van der Waals surface area contributed by atoms with Gasteiger partial charge in [-0.3, -0.25) is 9.59 Å². The summed E-state index contributed by atoms with van der Waals surface area (Å²) in [6, 6.07) is 11.2. The summed E-state index contributed by atoms with van der Waals surface area (Å²) in [6.45, 7) is 8.32. The summed E-state index contributed by atoms with van der Waals surface area (Å²) in [6.07, 6.45) is 2.55. The van der Waals surface area contributed by atoms with Gasteiger partial charge in [0.25, 0.3) is 0 Å². The maximum atomic E-state index is 13.2. The van der Waals surface area contributed by atoms with Crippen molar-refractivity contribution in [3.63, 3.8) is 0 Å². The monoisotopic (exact) mass is 523 g/mol. The van der Waals surface area contributed by atoms with Gasteiger partial charge in [-0.15, -0.1) is 0 Å². The molecule has 1 heterocycles. The van der Waals surface area contributed by atoms with Crippen molar-refractivity contribution in [2.45, 2.75) is 52.7 Å². The Kier molecular flexibility index (Phi) is 9.90. The third-order valence-electron chi connectivity index (χ3n) is 5.51. The number of halogens is 1. The van der Waals surface area contributed by atoms with E-state index in [1.54, 1.807) is 14.0 Å². The van der Waals surface area contributed by atoms with Crippen LogP contribution in [0.3, 0.4) is 0 Å². The second-order valence-corrected chi connectivity index (χ2v) is 9.58. The fraction of sp³-hybridized carbons (Fsp3) is 0.379. The van der Waals surface area contributed by atoms with Gasteiger partial charge in [0.05, 0.1) is 39.0 Å². The molecule has 3 rings (SSSR count). The summed E-state index contributed by atoms with van der Waals surface area (Å²) >= 11 is 0. The molecule has 0 aliphatic heterocycles. The number of ether oxygens (including phenoxy) is 3. The van der Waals surface area contributed by atoms with Crippen molar-refractivity contribution in [3.8, 4) is 28.3 Å². The van der Waals surface area contributed by atoms with E-state index in [9.17, 15) is 14.0 Å². The van der Waals surface area contributed by atoms with Crippen molar-refractivity contribution in [1.29, 1.82) is 0 Å². The van der Waals surface area contributed by atoms with Crippen LogP contribution in [-0.2, 0) is 32.0 Å². The Hall–Kier alpha value is -3.85. The summed E-state index contributed by atoms with van der Waals surface area (Å²) in [4.78, 5) is 32.6. The van der Waals surface area contributed by atoms with Crippen molar-refractivity contribution in [2.75, 3.05) is 20.3 Å². The van der Waals surface area contributed by atoms with E-state index in [1.807, 2.05) is 57.2 Å². The molecule has 3 aromatic rings. The molecule has 0 unspecified atom stereocenters. The molecule has 9 heteroatoms. The van der Waals surface area contributed by atoms with Gasteiger partial charge in [-0.05, 0) is 50.5 Å². The third kappa shape index (κ3) is 8.08. The van der Waals surface area contributed by atoms with Crippen LogP contribution >= 0.6 is 0 Å². The first-order chi connectivity index (χ1) is 18.1. The van der Waals surface area contributed by atoms with Crippen LogP contribution in [0, 0.1) is 5.82 Å². The Balaban J connectivity index is 1.92. The second kappa shape index (κ2) is 13.1. The lowest BCUT2D eigenvalue weighted by Gasteiger charge is -2.20. The van der Waals surface area contributed by atoms with E-state index in [0.717, 1.165) is 40.2 Å². The first-order valence-corrected chi connectivity index (χ1v) is 12.5. The highest BCUT2D eigenvalue weighted by Gasteiger charge is 2.20. The topological polar surface area (TPSA) is 99.6 Å². The molecular formula is C29H34FN3O5. The van der Waals surface area contributed by atoms with Gasteiger partial charge < -0.3 is 19.5 Å². The smallest absolute Gasteiger partial charge is 0.310 e. The molecule has 0 saturated carbocycles. The zero-order valence-electron chi connectivity index (χ0n) is 22.5. The maximum Gasteiger partial charge on any atom is 0.310 e. The fourth-order valence-corrected chi connectivity index (χ4v) is 3.93. The summed E-state index contributed by atoms with van der Waals surface area (Å²) < 4.78 is 29.5. The molecular weight excluding hydrogens is 489 g/mol. The maximum absolute atomic E-state index is 13.2. The highest BCUT2D eigenvalue weighted by molar-refractivity contribution is 5.80. The minimum atomic E-state index is -0.547. The number of esters is 2. The number of aromatic nitrogens is 2. The summed E-state index contributed by atoms with van der Waals surface area (Å²) in [5.41, 5.74) is 3.48. The average molecular weight is 524 g/mol. The lowest BCUT2D eigenvalue weighted by atomic mass is 9.92. The molecule has 0 radical (unpaired) electrons.